The van der Waals surface area contributed by atoms with Crippen molar-refractivity contribution in [3.8, 4) is 0 Å². The molecule has 2 heterocycles. The number of rotatable bonds is 5. The summed E-state index contributed by atoms with van der Waals surface area (Å²) in [4.78, 5) is 34.0. The number of nitrogens with two attached hydrogens (primary N) is 1. The molecule has 2 N–H and O–H groups in total. The molecule has 2 amide bonds. The summed E-state index contributed by atoms with van der Waals surface area (Å²) in [7, 11) is 1.62. The average molecular weight is 320 g/mol. The molecule has 1 aromatic heterocycles. The second-order valence-corrected chi connectivity index (χ2v) is 6.10. The van der Waals surface area contributed by atoms with Crippen LogP contribution in [0.25, 0.3) is 0 Å². The molecule has 1 aliphatic heterocycles. The standard InChI is InChI=1S/C16H24N4O3/c1-11-13(9-18-12(2)19-11)15(22)20-8-4-6-16(10-20,23-3)7-5-14(17)21/h9H,4-8,10H2,1-3H3,(H2,17,21). The lowest BCUT2D eigenvalue weighted by atomic mass is 9.87. The van der Waals surface area contributed by atoms with E-state index in [1.54, 1.807) is 25.1 Å². The molecule has 23 heavy (non-hydrogen) atoms. The number of likely N-dealkylation sites (tertiary alicyclic amines) is 1. The lowest BCUT2D eigenvalue weighted by Crippen LogP contribution is -2.51. The van der Waals surface area contributed by atoms with Crippen LogP contribution < -0.4 is 5.73 Å². The summed E-state index contributed by atoms with van der Waals surface area (Å²) in [5.41, 5.74) is 5.93. The van der Waals surface area contributed by atoms with Gasteiger partial charge in [0.05, 0.1) is 16.9 Å². The fourth-order valence-electron chi connectivity index (χ4n) is 3.06. The molecule has 2 rings (SSSR count). The number of nitrogens with zero attached hydrogens (tertiary/aromatic N) is 3. The number of hydrogen-bond donors (Lipinski definition) is 1. The smallest absolute Gasteiger partial charge is 0.257 e. The molecule has 0 bridgehead atoms. The number of hydrogen-bond acceptors (Lipinski definition) is 5. The summed E-state index contributed by atoms with van der Waals surface area (Å²) in [5.74, 6) is 0.195. The number of ether oxygens (including phenoxy) is 1. The Labute approximate surface area is 136 Å². The molecule has 1 aromatic rings. The van der Waals surface area contributed by atoms with E-state index in [1.807, 2.05) is 6.92 Å². The van der Waals surface area contributed by atoms with E-state index >= 15 is 0 Å². The van der Waals surface area contributed by atoms with Crippen LogP contribution in [0.15, 0.2) is 6.20 Å². The zero-order chi connectivity index (χ0) is 17.0. The van der Waals surface area contributed by atoms with Gasteiger partial charge in [-0.25, -0.2) is 9.97 Å². The van der Waals surface area contributed by atoms with Crippen LogP contribution in [0.3, 0.4) is 0 Å². The minimum atomic E-state index is -0.512. The Morgan fingerprint density at radius 2 is 2.17 bits per heavy atom. The van der Waals surface area contributed by atoms with Gasteiger partial charge >= 0.3 is 0 Å². The van der Waals surface area contributed by atoms with Gasteiger partial charge in [0.2, 0.25) is 5.91 Å². The Bertz CT molecular complexity index is 605. The molecule has 0 aliphatic carbocycles. The first-order valence-corrected chi connectivity index (χ1v) is 7.80. The van der Waals surface area contributed by atoms with Crippen molar-refractivity contribution >= 4 is 11.8 Å². The van der Waals surface area contributed by atoms with Crippen LogP contribution in [0, 0.1) is 13.8 Å². The van der Waals surface area contributed by atoms with E-state index < -0.39 is 5.60 Å². The van der Waals surface area contributed by atoms with Gasteiger partial charge in [0.1, 0.15) is 5.82 Å². The quantitative estimate of drug-likeness (QED) is 0.872. The van der Waals surface area contributed by atoms with Gasteiger partial charge in [0.25, 0.3) is 5.91 Å². The van der Waals surface area contributed by atoms with Crippen LogP contribution in [0.2, 0.25) is 0 Å². The Morgan fingerprint density at radius 1 is 1.43 bits per heavy atom. The Balaban J connectivity index is 2.15. The SMILES string of the molecule is COC1(CCC(N)=O)CCCN(C(=O)c2cnc(C)nc2C)C1. The second-order valence-electron chi connectivity index (χ2n) is 6.10. The van der Waals surface area contributed by atoms with E-state index in [1.165, 1.54) is 0 Å². The maximum atomic E-state index is 12.8. The summed E-state index contributed by atoms with van der Waals surface area (Å²) < 4.78 is 5.66. The maximum Gasteiger partial charge on any atom is 0.257 e. The fraction of sp³-hybridized carbons (Fsp3) is 0.625. The highest BCUT2D eigenvalue weighted by Crippen LogP contribution is 2.30. The number of carbonyl (C=O) groups is 2. The van der Waals surface area contributed by atoms with Gasteiger partial charge in [-0.2, -0.15) is 0 Å². The van der Waals surface area contributed by atoms with Crippen molar-refractivity contribution < 1.29 is 14.3 Å². The lowest BCUT2D eigenvalue weighted by molar-refractivity contribution is -0.120. The van der Waals surface area contributed by atoms with Crippen molar-refractivity contribution in [2.75, 3.05) is 20.2 Å². The molecule has 0 spiro atoms. The van der Waals surface area contributed by atoms with Crippen molar-refractivity contribution in [3.05, 3.63) is 23.3 Å². The Hall–Kier alpha value is -2.02. The molecular formula is C16H24N4O3. The van der Waals surface area contributed by atoms with Crippen molar-refractivity contribution in [1.29, 1.82) is 0 Å². The van der Waals surface area contributed by atoms with Crippen molar-refractivity contribution in [3.63, 3.8) is 0 Å². The Kier molecular flexibility index (Phi) is 5.30. The Morgan fingerprint density at radius 3 is 2.78 bits per heavy atom. The van der Waals surface area contributed by atoms with Crippen LogP contribution in [-0.4, -0.2) is 52.5 Å². The number of aromatic nitrogens is 2. The van der Waals surface area contributed by atoms with E-state index in [9.17, 15) is 9.59 Å². The first kappa shape index (κ1) is 17.3. The van der Waals surface area contributed by atoms with E-state index in [0.29, 0.717) is 36.6 Å². The van der Waals surface area contributed by atoms with Gasteiger partial charge in [0, 0.05) is 32.8 Å². The number of methoxy groups -OCH3 is 1. The van der Waals surface area contributed by atoms with Crippen molar-refractivity contribution in [1.82, 2.24) is 14.9 Å². The minimum Gasteiger partial charge on any atom is -0.376 e. The van der Waals surface area contributed by atoms with Crippen molar-refractivity contribution in [2.45, 2.75) is 45.1 Å². The molecular weight excluding hydrogens is 296 g/mol. The summed E-state index contributed by atoms with van der Waals surface area (Å²) >= 11 is 0. The highest BCUT2D eigenvalue weighted by molar-refractivity contribution is 5.95. The summed E-state index contributed by atoms with van der Waals surface area (Å²) in [5, 5.41) is 0. The molecule has 1 aliphatic rings. The zero-order valence-electron chi connectivity index (χ0n) is 14.0. The van der Waals surface area contributed by atoms with Crippen LogP contribution in [0.5, 0.6) is 0 Å². The van der Waals surface area contributed by atoms with Gasteiger partial charge < -0.3 is 15.4 Å². The normalized spacial score (nSPS) is 21.3. The fourth-order valence-corrected chi connectivity index (χ4v) is 3.06. The van der Waals surface area contributed by atoms with Gasteiger partial charge in [-0.15, -0.1) is 0 Å². The third-order valence-electron chi connectivity index (χ3n) is 4.42. The molecule has 0 aromatic carbocycles. The topological polar surface area (TPSA) is 98.4 Å². The molecule has 7 nitrogen and oxygen atoms in total. The number of primary amides is 1. The van der Waals surface area contributed by atoms with Crippen LogP contribution in [0.1, 0.15) is 47.6 Å². The molecule has 0 saturated carbocycles. The third kappa shape index (κ3) is 4.04. The maximum absolute atomic E-state index is 12.8. The zero-order valence-corrected chi connectivity index (χ0v) is 14.0. The molecule has 1 saturated heterocycles. The summed E-state index contributed by atoms with van der Waals surface area (Å²) in [6.07, 6.45) is 3.98. The van der Waals surface area contributed by atoms with E-state index in [2.05, 4.69) is 9.97 Å². The highest BCUT2D eigenvalue weighted by atomic mass is 16.5. The van der Waals surface area contributed by atoms with Gasteiger partial charge in [-0.05, 0) is 33.1 Å². The van der Waals surface area contributed by atoms with Crippen molar-refractivity contribution in [2.24, 2.45) is 5.73 Å². The van der Waals surface area contributed by atoms with Crippen LogP contribution in [-0.2, 0) is 9.53 Å². The predicted octanol–water partition coefficient (Wildman–Crippen LogP) is 0.980. The number of carbonyl (C=O) groups excluding carboxylic acids is 2. The molecule has 1 unspecified atom stereocenters. The highest BCUT2D eigenvalue weighted by Gasteiger charge is 2.37. The summed E-state index contributed by atoms with van der Waals surface area (Å²) in [6.45, 7) is 4.71. The second kappa shape index (κ2) is 7.04. The predicted molar refractivity (Wildman–Crippen MR) is 84.8 cm³/mol. The van der Waals surface area contributed by atoms with E-state index in [4.69, 9.17) is 10.5 Å². The molecule has 1 fully saturated rings. The molecule has 1 atom stereocenters. The molecule has 7 heteroatoms. The lowest BCUT2D eigenvalue weighted by Gasteiger charge is -2.42. The van der Waals surface area contributed by atoms with Crippen LogP contribution in [0.4, 0.5) is 0 Å². The van der Waals surface area contributed by atoms with E-state index in [0.717, 1.165) is 12.8 Å². The minimum absolute atomic E-state index is 0.0947. The van der Waals surface area contributed by atoms with Gasteiger partial charge in [0.15, 0.2) is 0 Å². The molecule has 0 radical (unpaired) electrons. The number of aryl methyl sites for hydroxylation is 2. The largest absolute Gasteiger partial charge is 0.376 e. The monoisotopic (exact) mass is 320 g/mol. The van der Waals surface area contributed by atoms with Crippen LogP contribution >= 0.6 is 0 Å². The summed E-state index contributed by atoms with van der Waals surface area (Å²) in [6, 6.07) is 0. The average Bonchev–Trinajstić information content (AvgIpc) is 2.52. The van der Waals surface area contributed by atoms with Gasteiger partial charge in [-0.3, -0.25) is 9.59 Å². The number of amides is 2. The van der Waals surface area contributed by atoms with Gasteiger partial charge in [-0.1, -0.05) is 0 Å². The van der Waals surface area contributed by atoms with E-state index in [-0.39, 0.29) is 18.2 Å². The molecule has 126 valence electrons. The first-order valence-electron chi connectivity index (χ1n) is 7.80. The number of piperidine rings is 1. The first-order chi connectivity index (χ1) is 10.9. The third-order valence-corrected chi connectivity index (χ3v) is 4.42.